The summed E-state index contributed by atoms with van der Waals surface area (Å²) >= 11 is 0. The summed E-state index contributed by atoms with van der Waals surface area (Å²) in [7, 11) is 2.13. The number of hydrogen-bond donors (Lipinski definition) is 1. The third-order valence-corrected chi connectivity index (χ3v) is 9.43. The van der Waals surface area contributed by atoms with E-state index in [0.29, 0.717) is 35.5 Å². The van der Waals surface area contributed by atoms with Crippen LogP contribution in [0.4, 0.5) is 0 Å². The predicted molar refractivity (Wildman–Crippen MR) is 207 cm³/mol. The lowest BCUT2D eigenvalue weighted by Crippen LogP contribution is -1.94. The predicted octanol–water partition coefficient (Wildman–Crippen LogP) is 13.3. The third-order valence-electron chi connectivity index (χ3n) is 9.43. The zero-order valence-electron chi connectivity index (χ0n) is 31.4. The number of aromatic nitrogens is 3. The minimum atomic E-state index is 0.549. The normalized spacial score (nSPS) is 11.8. The Morgan fingerprint density at radius 3 is 1.68 bits per heavy atom. The molecule has 3 heteroatoms. The summed E-state index contributed by atoms with van der Waals surface area (Å²) in [6.07, 6.45) is 6.22. The monoisotopic (exact) mass is 629 g/mol. The molecule has 0 amide bonds. The Labute approximate surface area is 285 Å². The second kappa shape index (κ2) is 15.4. The summed E-state index contributed by atoms with van der Waals surface area (Å²) in [5, 5.41) is 2.73. The minimum Gasteiger partial charge on any atom is -0.361 e. The lowest BCUT2D eigenvalue weighted by Gasteiger charge is -2.12. The van der Waals surface area contributed by atoms with Crippen molar-refractivity contribution in [1.29, 1.82) is 0 Å². The number of nitrogens with one attached hydrogen (secondary N) is 1. The zero-order valence-corrected chi connectivity index (χ0v) is 31.4. The van der Waals surface area contributed by atoms with Crippen LogP contribution in [0.25, 0.3) is 33.1 Å². The quantitative estimate of drug-likeness (QED) is 0.195. The number of rotatable bonds is 6. The number of aryl methyl sites for hydroxylation is 1. The lowest BCUT2D eigenvalue weighted by molar-refractivity contribution is 0.856. The van der Waals surface area contributed by atoms with Crippen molar-refractivity contribution in [3.63, 3.8) is 0 Å². The van der Waals surface area contributed by atoms with Gasteiger partial charge in [0.05, 0.1) is 5.52 Å². The molecule has 1 N–H and O–H groups in total. The van der Waals surface area contributed by atoms with Crippen LogP contribution in [0.15, 0.2) is 79.3 Å². The fourth-order valence-electron chi connectivity index (χ4n) is 6.34. The van der Waals surface area contributed by atoms with Gasteiger partial charge in [-0.15, -0.1) is 0 Å². The number of nitrogens with zero attached hydrogens (tertiary/aromatic N) is 2. The number of pyridine rings is 2. The lowest BCUT2D eigenvalue weighted by atomic mass is 9.95. The highest BCUT2D eigenvalue weighted by Crippen LogP contribution is 2.34. The molecule has 0 saturated carbocycles. The molecule has 0 fully saturated rings. The number of H-pyrrole nitrogens is 1. The Hall–Kier alpha value is -3.85. The average molecular weight is 630 g/mol. The Morgan fingerprint density at radius 2 is 1.11 bits per heavy atom. The van der Waals surface area contributed by atoms with E-state index in [1.807, 2.05) is 12.4 Å². The van der Waals surface area contributed by atoms with Gasteiger partial charge in [0.2, 0.25) is 0 Å². The van der Waals surface area contributed by atoms with E-state index in [9.17, 15) is 0 Å². The summed E-state index contributed by atoms with van der Waals surface area (Å²) in [6, 6.07) is 22.4. The number of benzene rings is 2. The van der Waals surface area contributed by atoms with Crippen molar-refractivity contribution in [2.24, 2.45) is 7.05 Å². The van der Waals surface area contributed by atoms with Crippen molar-refractivity contribution < 1.29 is 0 Å². The smallest absolute Gasteiger partial charge is 0.0705 e. The molecule has 4 aromatic rings. The molecular formula is C44H59N3. The van der Waals surface area contributed by atoms with Crippen LogP contribution in [0.3, 0.4) is 0 Å². The first-order valence-electron chi connectivity index (χ1n) is 17.8. The summed E-state index contributed by atoms with van der Waals surface area (Å²) < 4.78 is 2.23. The van der Waals surface area contributed by atoms with Gasteiger partial charge in [0.15, 0.2) is 0 Å². The van der Waals surface area contributed by atoms with Gasteiger partial charge in [-0.2, -0.15) is 0 Å². The SMILES string of the molecule is CC(C)c1cc2[nH]ccc(C(C)C)c-2c1.CC(C)c1ccc2c(c1)c(C(C)C)cn2C.CC(C)c1ccc2nccc(C(C)C)c2c1. The topological polar surface area (TPSA) is 33.6 Å². The first-order valence-corrected chi connectivity index (χ1v) is 17.8. The molecule has 3 nitrogen and oxygen atoms in total. The molecule has 0 radical (unpaired) electrons. The van der Waals surface area contributed by atoms with Crippen LogP contribution in [0.5, 0.6) is 0 Å². The van der Waals surface area contributed by atoms with E-state index in [2.05, 4.69) is 172 Å². The molecule has 2 aromatic heterocycles. The van der Waals surface area contributed by atoms with Crippen molar-refractivity contribution in [3.05, 3.63) is 113 Å². The molecular weight excluding hydrogens is 571 g/mol. The van der Waals surface area contributed by atoms with Crippen molar-refractivity contribution in [2.45, 2.75) is 119 Å². The number of aromatic amines is 1. The highest BCUT2D eigenvalue weighted by molar-refractivity contribution is 5.85. The van der Waals surface area contributed by atoms with Crippen LogP contribution in [0, 0.1) is 0 Å². The van der Waals surface area contributed by atoms with Crippen LogP contribution in [0.2, 0.25) is 0 Å². The largest absolute Gasteiger partial charge is 0.361 e. The van der Waals surface area contributed by atoms with Gasteiger partial charge < -0.3 is 9.55 Å². The van der Waals surface area contributed by atoms with Gasteiger partial charge in [0.1, 0.15) is 0 Å². The van der Waals surface area contributed by atoms with Crippen molar-refractivity contribution >= 4 is 21.8 Å². The fourth-order valence-corrected chi connectivity index (χ4v) is 6.34. The first-order chi connectivity index (χ1) is 22.2. The van der Waals surface area contributed by atoms with Crippen molar-refractivity contribution in [3.8, 4) is 11.3 Å². The highest BCUT2D eigenvalue weighted by atomic mass is 14.9. The molecule has 0 saturated heterocycles. The number of hydrogen-bond acceptors (Lipinski definition) is 1. The standard InChI is InChI=1S/C15H21N.C15H19N.C14H19N/c1-10(2)12-6-7-15-13(8-12)14(11(3)4)9-16(15)5;1-10(2)12-5-6-15-14(9-12)13(11(3)4)7-8-16-15;1-9(2)11-7-13-12(10(3)4)5-6-15-14(13)8-11/h6-11H,1-5H3;5-11H,1-4H3;5-10,15H,1-4H3. The van der Waals surface area contributed by atoms with E-state index in [1.54, 1.807) is 0 Å². The average Bonchev–Trinajstić information content (AvgIpc) is 3.62. The molecule has 0 unspecified atom stereocenters. The van der Waals surface area contributed by atoms with Gasteiger partial charge in [0, 0.05) is 53.2 Å². The summed E-state index contributed by atoms with van der Waals surface area (Å²) in [4.78, 5) is 7.75. The van der Waals surface area contributed by atoms with Gasteiger partial charge in [-0.1, -0.05) is 95.2 Å². The maximum Gasteiger partial charge on any atom is 0.0705 e. The number of fused-ring (bicyclic) bond motifs is 3. The van der Waals surface area contributed by atoms with Crippen LogP contribution in [-0.4, -0.2) is 14.5 Å². The molecule has 47 heavy (non-hydrogen) atoms. The van der Waals surface area contributed by atoms with Crippen LogP contribution in [0.1, 0.15) is 152 Å². The molecule has 0 spiro atoms. The maximum absolute atomic E-state index is 4.42. The third kappa shape index (κ3) is 8.36. The molecule has 0 bridgehead atoms. The Kier molecular flexibility index (Phi) is 11.8. The molecule has 1 aliphatic carbocycles. The van der Waals surface area contributed by atoms with Crippen molar-refractivity contribution in [1.82, 2.24) is 14.5 Å². The summed E-state index contributed by atoms with van der Waals surface area (Å²) in [5.74, 6) is 3.50. The molecule has 6 rings (SSSR count). The van der Waals surface area contributed by atoms with Gasteiger partial charge in [0.25, 0.3) is 0 Å². The molecule has 2 aromatic carbocycles. The Balaban J connectivity index is 0.000000160. The Morgan fingerprint density at radius 1 is 0.532 bits per heavy atom. The summed E-state index contributed by atoms with van der Waals surface area (Å²) in [6.45, 7) is 26.9. The van der Waals surface area contributed by atoms with E-state index in [0.717, 1.165) is 5.52 Å². The zero-order chi connectivity index (χ0) is 34.6. The Bertz CT molecular complexity index is 1860. The van der Waals surface area contributed by atoms with Gasteiger partial charge >= 0.3 is 0 Å². The molecule has 2 aliphatic rings. The second-order valence-corrected chi connectivity index (χ2v) is 15.1. The van der Waals surface area contributed by atoms with Gasteiger partial charge in [-0.3, -0.25) is 4.98 Å². The van der Waals surface area contributed by atoms with Crippen LogP contribution in [-0.2, 0) is 7.05 Å². The fraction of sp³-hybridized carbons (Fsp3) is 0.432. The van der Waals surface area contributed by atoms with E-state index in [1.165, 1.54) is 60.9 Å². The minimum absolute atomic E-state index is 0.549. The molecule has 3 heterocycles. The second-order valence-electron chi connectivity index (χ2n) is 15.1. The van der Waals surface area contributed by atoms with E-state index >= 15 is 0 Å². The molecule has 1 aliphatic heterocycles. The molecule has 0 atom stereocenters. The van der Waals surface area contributed by atoms with Crippen LogP contribution < -0.4 is 0 Å². The van der Waals surface area contributed by atoms with Gasteiger partial charge in [-0.25, -0.2) is 0 Å². The molecule has 250 valence electrons. The first kappa shape index (κ1) is 36.0. The van der Waals surface area contributed by atoms with E-state index in [-0.39, 0.29) is 0 Å². The van der Waals surface area contributed by atoms with Gasteiger partial charge in [-0.05, 0) is 117 Å². The maximum atomic E-state index is 4.42. The van der Waals surface area contributed by atoms with Crippen molar-refractivity contribution in [2.75, 3.05) is 0 Å². The van der Waals surface area contributed by atoms with E-state index < -0.39 is 0 Å². The summed E-state index contributed by atoms with van der Waals surface area (Å²) in [5.41, 5.74) is 13.6. The highest BCUT2D eigenvalue weighted by Gasteiger charge is 2.15. The van der Waals surface area contributed by atoms with Crippen LogP contribution >= 0.6 is 0 Å². The van der Waals surface area contributed by atoms with E-state index in [4.69, 9.17) is 0 Å².